The van der Waals surface area contributed by atoms with Crippen LogP contribution in [0.15, 0.2) is 41.2 Å². The van der Waals surface area contributed by atoms with E-state index in [1.165, 1.54) is 0 Å². The van der Waals surface area contributed by atoms with Gasteiger partial charge in [-0.3, -0.25) is 19.2 Å². The van der Waals surface area contributed by atoms with E-state index >= 15 is 0 Å². The molecule has 0 aliphatic carbocycles. The summed E-state index contributed by atoms with van der Waals surface area (Å²) in [4.78, 5) is 67.9. The summed E-state index contributed by atoms with van der Waals surface area (Å²) >= 11 is 0. The number of fused-ring (bicyclic) bond motifs is 5. The van der Waals surface area contributed by atoms with E-state index in [2.05, 4.69) is 10.6 Å². The van der Waals surface area contributed by atoms with Crippen molar-refractivity contribution in [3.63, 3.8) is 0 Å². The van der Waals surface area contributed by atoms with E-state index < -0.39 is 30.0 Å². The molecule has 0 radical (unpaired) electrons. The molecule has 2 aliphatic heterocycles. The van der Waals surface area contributed by atoms with Crippen LogP contribution in [0.4, 0.5) is 0 Å². The molecule has 11 heteroatoms. The number of esters is 2. The molecule has 11 nitrogen and oxygen atoms in total. The van der Waals surface area contributed by atoms with Crippen molar-refractivity contribution in [3.8, 4) is 11.4 Å². The Morgan fingerprint density at radius 1 is 1.08 bits per heavy atom. The van der Waals surface area contributed by atoms with Gasteiger partial charge in [0.2, 0.25) is 17.4 Å². The lowest BCUT2D eigenvalue weighted by atomic mass is 9.85. The van der Waals surface area contributed by atoms with Crippen LogP contribution in [0.2, 0.25) is 0 Å². The predicted molar refractivity (Wildman–Crippen MR) is 139 cm³/mol. The Kier molecular flexibility index (Phi) is 6.90. The zero-order valence-corrected chi connectivity index (χ0v) is 21.7. The SMILES string of the molecule is CCNC(=O)CCC(=O)NCC(=O)OC1(CC)C(=O)OCc2c1cc1n(c2=O)Cc2cc3ccccc3nc2-1. The maximum absolute atomic E-state index is 13.6. The summed E-state index contributed by atoms with van der Waals surface area (Å²) in [6.45, 7) is 3.44. The molecule has 0 bridgehead atoms. The van der Waals surface area contributed by atoms with E-state index in [4.69, 9.17) is 14.5 Å². The molecule has 202 valence electrons. The van der Waals surface area contributed by atoms with Gasteiger partial charge in [0.25, 0.3) is 5.56 Å². The second-order valence-corrected chi connectivity index (χ2v) is 9.46. The zero-order valence-electron chi connectivity index (χ0n) is 21.7. The Hall–Kier alpha value is -4.54. The molecule has 2 N–H and O–H groups in total. The van der Waals surface area contributed by atoms with Crippen molar-refractivity contribution in [2.45, 2.75) is 51.9 Å². The van der Waals surface area contributed by atoms with Crippen molar-refractivity contribution in [1.82, 2.24) is 20.2 Å². The predicted octanol–water partition coefficient (Wildman–Crippen LogP) is 1.66. The molecule has 0 saturated carbocycles. The Morgan fingerprint density at radius 2 is 1.82 bits per heavy atom. The molecule has 0 fully saturated rings. The molecular weight excluding hydrogens is 504 g/mol. The number of cyclic esters (lactones) is 1. The summed E-state index contributed by atoms with van der Waals surface area (Å²) in [5, 5.41) is 5.95. The first-order valence-corrected chi connectivity index (χ1v) is 12.9. The van der Waals surface area contributed by atoms with Gasteiger partial charge >= 0.3 is 11.9 Å². The van der Waals surface area contributed by atoms with E-state index in [0.717, 1.165) is 16.5 Å². The molecule has 1 atom stereocenters. The summed E-state index contributed by atoms with van der Waals surface area (Å²) < 4.78 is 12.6. The lowest BCUT2D eigenvalue weighted by Crippen LogP contribution is -2.48. The number of carbonyl (C=O) groups is 4. The van der Waals surface area contributed by atoms with Crippen LogP contribution in [0, 0.1) is 0 Å². The van der Waals surface area contributed by atoms with Crippen LogP contribution in [-0.4, -0.2) is 46.4 Å². The highest BCUT2D eigenvalue weighted by Gasteiger charge is 2.50. The lowest BCUT2D eigenvalue weighted by Gasteiger charge is -2.35. The number of pyridine rings is 2. The number of aromatic nitrogens is 2. The third-order valence-electron chi connectivity index (χ3n) is 7.06. The van der Waals surface area contributed by atoms with Crippen LogP contribution < -0.4 is 16.2 Å². The van der Waals surface area contributed by atoms with E-state index in [1.807, 2.05) is 30.3 Å². The molecule has 3 aromatic rings. The van der Waals surface area contributed by atoms with Gasteiger partial charge in [-0.15, -0.1) is 0 Å². The second kappa shape index (κ2) is 10.3. The average Bonchev–Trinajstić information content (AvgIpc) is 3.29. The number of para-hydroxylation sites is 1. The minimum absolute atomic E-state index is 0.0105. The van der Waals surface area contributed by atoms with Gasteiger partial charge < -0.3 is 24.7 Å². The molecule has 4 heterocycles. The first kappa shape index (κ1) is 26.1. The van der Waals surface area contributed by atoms with Crippen LogP contribution in [-0.2, 0) is 47.4 Å². The minimum Gasteiger partial charge on any atom is -0.457 e. The fourth-order valence-electron chi connectivity index (χ4n) is 5.08. The van der Waals surface area contributed by atoms with Gasteiger partial charge in [-0.1, -0.05) is 25.1 Å². The van der Waals surface area contributed by atoms with Gasteiger partial charge in [-0.2, -0.15) is 0 Å². The highest BCUT2D eigenvalue weighted by Crippen LogP contribution is 2.40. The van der Waals surface area contributed by atoms with E-state index in [-0.39, 0.29) is 48.5 Å². The Labute approximate surface area is 223 Å². The molecule has 1 aromatic carbocycles. The van der Waals surface area contributed by atoms with Crippen molar-refractivity contribution in [2.24, 2.45) is 0 Å². The van der Waals surface area contributed by atoms with Crippen LogP contribution in [0.3, 0.4) is 0 Å². The van der Waals surface area contributed by atoms with Crippen molar-refractivity contribution in [1.29, 1.82) is 0 Å². The number of rotatable bonds is 8. The number of ether oxygens (including phenoxy) is 2. The van der Waals surface area contributed by atoms with Gasteiger partial charge in [0.15, 0.2) is 0 Å². The Balaban J connectivity index is 1.43. The molecule has 2 amide bonds. The van der Waals surface area contributed by atoms with Crippen molar-refractivity contribution < 1.29 is 28.7 Å². The number of hydrogen-bond donors (Lipinski definition) is 2. The first-order chi connectivity index (χ1) is 18.8. The molecule has 2 aliphatic rings. The molecule has 0 saturated heterocycles. The van der Waals surface area contributed by atoms with Crippen molar-refractivity contribution >= 4 is 34.7 Å². The van der Waals surface area contributed by atoms with Gasteiger partial charge in [0, 0.05) is 35.9 Å². The summed E-state index contributed by atoms with van der Waals surface area (Å²) in [6.07, 6.45) is -0.114. The lowest BCUT2D eigenvalue weighted by molar-refractivity contribution is -0.189. The van der Waals surface area contributed by atoms with Gasteiger partial charge in [-0.05, 0) is 31.5 Å². The van der Waals surface area contributed by atoms with Crippen molar-refractivity contribution in [2.75, 3.05) is 13.1 Å². The topological polar surface area (TPSA) is 146 Å². The summed E-state index contributed by atoms with van der Waals surface area (Å²) in [5.74, 6) is -2.45. The number of hydrogen-bond acceptors (Lipinski definition) is 8. The van der Waals surface area contributed by atoms with Crippen LogP contribution >= 0.6 is 0 Å². The Morgan fingerprint density at radius 3 is 2.56 bits per heavy atom. The normalized spacial score (nSPS) is 17.0. The quantitative estimate of drug-likeness (QED) is 0.326. The largest absolute Gasteiger partial charge is 0.457 e. The van der Waals surface area contributed by atoms with Gasteiger partial charge in [0.1, 0.15) is 13.2 Å². The van der Waals surface area contributed by atoms with Crippen LogP contribution in [0.25, 0.3) is 22.3 Å². The highest BCUT2D eigenvalue weighted by atomic mass is 16.6. The summed E-state index contributed by atoms with van der Waals surface area (Å²) in [7, 11) is 0. The maximum Gasteiger partial charge on any atom is 0.355 e. The highest BCUT2D eigenvalue weighted by molar-refractivity contribution is 5.90. The smallest absolute Gasteiger partial charge is 0.355 e. The van der Waals surface area contributed by atoms with E-state index in [0.29, 0.717) is 24.5 Å². The molecule has 39 heavy (non-hydrogen) atoms. The van der Waals surface area contributed by atoms with Crippen LogP contribution in [0.5, 0.6) is 0 Å². The summed E-state index contributed by atoms with van der Waals surface area (Å²) in [5.41, 5.74) is 1.09. The van der Waals surface area contributed by atoms with E-state index in [1.54, 1.807) is 24.5 Å². The zero-order chi connectivity index (χ0) is 27.7. The molecule has 0 spiro atoms. The van der Waals surface area contributed by atoms with Gasteiger partial charge in [-0.25, -0.2) is 9.78 Å². The maximum atomic E-state index is 13.6. The van der Waals surface area contributed by atoms with Crippen molar-refractivity contribution in [3.05, 3.63) is 63.4 Å². The number of nitrogens with zero attached hydrogens (tertiary/aromatic N) is 2. The van der Waals surface area contributed by atoms with Gasteiger partial charge in [0.05, 0.1) is 29.0 Å². The van der Waals surface area contributed by atoms with E-state index in [9.17, 15) is 24.0 Å². The first-order valence-electron chi connectivity index (χ1n) is 12.9. The molecule has 5 rings (SSSR count). The molecule has 2 aromatic heterocycles. The Bertz CT molecular complexity index is 1580. The number of benzene rings is 1. The second-order valence-electron chi connectivity index (χ2n) is 9.46. The molecule has 1 unspecified atom stereocenters. The fraction of sp³-hybridized carbons (Fsp3) is 0.357. The van der Waals surface area contributed by atoms with Crippen LogP contribution in [0.1, 0.15) is 49.8 Å². The monoisotopic (exact) mass is 532 g/mol. The number of amides is 2. The standard InChI is InChI=1S/C28H28N4O7/c1-3-28(39-24(35)13-30-23(34)10-9-22(33)29-4-2)19-12-21-25-17(11-16-7-5-6-8-20(16)31-25)14-32(21)26(36)18(19)15-38-27(28)37/h5-8,11-12H,3-4,9-10,13-15H2,1-2H3,(H,29,33)(H,30,34). The average molecular weight is 533 g/mol. The summed E-state index contributed by atoms with van der Waals surface area (Å²) in [6, 6.07) is 11.3. The minimum atomic E-state index is -1.86. The number of carbonyl (C=O) groups excluding carboxylic acids is 4. The number of nitrogens with one attached hydrogen (secondary N) is 2. The third kappa shape index (κ3) is 4.64. The molecular formula is C28H28N4O7. The third-order valence-corrected chi connectivity index (χ3v) is 7.06. The fourth-order valence-corrected chi connectivity index (χ4v) is 5.08.